The molecule has 0 bridgehead atoms. The van der Waals surface area contributed by atoms with E-state index in [1.54, 1.807) is 0 Å². The standard InChI is InChI=1S/C11H18N2O4S/c1-3-13(7-8-18(14,15)17-16-12)11-6-4-5-10(2)9-11/h4-6,9H,3,7-8,12H2,1-2H3. The van der Waals surface area contributed by atoms with Crippen LogP contribution in [0, 0.1) is 6.92 Å². The summed E-state index contributed by atoms with van der Waals surface area (Å²) in [5, 5.41) is 0. The first-order chi connectivity index (χ1) is 8.48. The zero-order valence-corrected chi connectivity index (χ0v) is 11.3. The van der Waals surface area contributed by atoms with E-state index >= 15 is 0 Å². The lowest BCUT2D eigenvalue weighted by molar-refractivity contribution is -0.206. The van der Waals surface area contributed by atoms with Crippen LogP contribution < -0.4 is 10.8 Å². The number of benzene rings is 1. The molecule has 18 heavy (non-hydrogen) atoms. The zero-order chi connectivity index (χ0) is 13.6. The highest BCUT2D eigenvalue weighted by atomic mass is 32.2. The van der Waals surface area contributed by atoms with Crippen LogP contribution >= 0.6 is 0 Å². The van der Waals surface area contributed by atoms with Gasteiger partial charge in [0.25, 0.3) is 10.1 Å². The van der Waals surface area contributed by atoms with Gasteiger partial charge >= 0.3 is 0 Å². The second-order valence-electron chi connectivity index (χ2n) is 3.84. The molecule has 7 heteroatoms. The van der Waals surface area contributed by atoms with Crippen LogP contribution in [0.3, 0.4) is 0 Å². The Hall–Kier alpha value is -1.15. The lowest BCUT2D eigenvalue weighted by Crippen LogP contribution is -2.30. The summed E-state index contributed by atoms with van der Waals surface area (Å²) < 4.78 is 26.6. The molecule has 0 fully saturated rings. The van der Waals surface area contributed by atoms with E-state index in [0.717, 1.165) is 11.3 Å². The summed E-state index contributed by atoms with van der Waals surface area (Å²) >= 11 is 0. The van der Waals surface area contributed by atoms with Crippen LogP contribution in [0.1, 0.15) is 12.5 Å². The molecule has 0 aliphatic heterocycles. The molecular formula is C11H18N2O4S. The van der Waals surface area contributed by atoms with Crippen LogP contribution in [0.15, 0.2) is 24.3 Å². The molecule has 0 aliphatic carbocycles. The minimum atomic E-state index is -3.74. The average Bonchev–Trinajstić information content (AvgIpc) is 2.29. The molecule has 1 aromatic carbocycles. The predicted molar refractivity (Wildman–Crippen MR) is 69.2 cm³/mol. The molecule has 0 radical (unpaired) electrons. The van der Waals surface area contributed by atoms with E-state index in [0.29, 0.717) is 13.1 Å². The number of nitrogens with zero attached hydrogens (tertiary/aromatic N) is 1. The van der Waals surface area contributed by atoms with Gasteiger partial charge < -0.3 is 4.90 Å². The van der Waals surface area contributed by atoms with Crippen molar-refractivity contribution < 1.29 is 17.7 Å². The SMILES string of the molecule is CCN(CCS(=O)(=O)OON)c1cccc(C)c1. The van der Waals surface area contributed by atoms with Gasteiger partial charge in [0, 0.05) is 18.8 Å². The van der Waals surface area contributed by atoms with Crippen molar-refractivity contribution in [2.45, 2.75) is 13.8 Å². The zero-order valence-electron chi connectivity index (χ0n) is 10.5. The first-order valence-electron chi connectivity index (χ1n) is 5.58. The summed E-state index contributed by atoms with van der Waals surface area (Å²) in [6.45, 7) is 4.95. The maximum absolute atomic E-state index is 11.3. The van der Waals surface area contributed by atoms with Crippen LogP contribution in [0.4, 0.5) is 5.69 Å². The predicted octanol–water partition coefficient (Wildman–Crippen LogP) is 0.973. The molecule has 0 saturated carbocycles. The topological polar surface area (TPSA) is 81.9 Å². The number of rotatable bonds is 7. The van der Waals surface area contributed by atoms with Crippen molar-refractivity contribution in [1.29, 1.82) is 0 Å². The van der Waals surface area contributed by atoms with Crippen molar-refractivity contribution >= 4 is 15.8 Å². The van der Waals surface area contributed by atoms with E-state index in [-0.39, 0.29) is 5.75 Å². The van der Waals surface area contributed by atoms with Crippen molar-refractivity contribution in [3.63, 3.8) is 0 Å². The Kier molecular flexibility index (Phi) is 5.54. The highest BCUT2D eigenvalue weighted by Gasteiger charge is 2.15. The molecular weight excluding hydrogens is 256 g/mol. The maximum atomic E-state index is 11.3. The highest BCUT2D eigenvalue weighted by molar-refractivity contribution is 7.86. The number of anilines is 1. The Morgan fingerprint density at radius 3 is 2.67 bits per heavy atom. The van der Waals surface area contributed by atoms with Crippen LogP contribution in [0.5, 0.6) is 0 Å². The third-order valence-corrected chi connectivity index (χ3v) is 3.47. The molecule has 0 atom stereocenters. The molecule has 0 aliphatic rings. The van der Waals surface area contributed by atoms with Gasteiger partial charge in [0.05, 0.1) is 5.75 Å². The minimum Gasteiger partial charge on any atom is -0.371 e. The summed E-state index contributed by atoms with van der Waals surface area (Å²) in [4.78, 5) is 5.63. The Balaban J connectivity index is 2.69. The van der Waals surface area contributed by atoms with Crippen LogP contribution in [0.2, 0.25) is 0 Å². The smallest absolute Gasteiger partial charge is 0.296 e. The van der Waals surface area contributed by atoms with E-state index in [9.17, 15) is 8.42 Å². The van der Waals surface area contributed by atoms with E-state index in [2.05, 4.69) is 15.2 Å². The van der Waals surface area contributed by atoms with Gasteiger partial charge in [-0.25, -0.2) is 0 Å². The third-order valence-electron chi connectivity index (χ3n) is 2.50. The molecule has 0 unspecified atom stereocenters. The van der Waals surface area contributed by atoms with Crippen molar-refractivity contribution in [3.05, 3.63) is 29.8 Å². The molecule has 0 heterocycles. The third kappa shape index (κ3) is 4.61. The Labute approximate surface area is 107 Å². The molecule has 0 saturated heterocycles. The van der Waals surface area contributed by atoms with E-state index < -0.39 is 10.1 Å². The normalized spacial score (nSPS) is 11.5. The van der Waals surface area contributed by atoms with Crippen LogP contribution in [-0.4, -0.2) is 27.3 Å². The molecule has 0 aromatic heterocycles. The second-order valence-corrected chi connectivity index (χ2v) is 5.50. The van der Waals surface area contributed by atoms with Gasteiger partial charge in [0.15, 0.2) is 0 Å². The lowest BCUT2D eigenvalue weighted by Gasteiger charge is -2.22. The molecule has 1 aromatic rings. The van der Waals surface area contributed by atoms with E-state index in [1.807, 2.05) is 43.0 Å². The van der Waals surface area contributed by atoms with Gasteiger partial charge in [0.2, 0.25) is 0 Å². The average molecular weight is 274 g/mol. The highest BCUT2D eigenvalue weighted by Crippen LogP contribution is 2.15. The van der Waals surface area contributed by atoms with Crippen molar-refractivity contribution in [3.8, 4) is 0 Å². The first-order valence-corrected chi connectivity index (χ1v) is 7.15. The van der Waals surface area contributed by atoms with Gasteiger partial charge in [-0.05, 0) is 31.5 Å². The minimum absolute atomic E-state index is 0.189. The fraction of sp³-hybridized carbons (Fsp3) is 0.455. The quantitative estimate of drug-likeness (QED) is 0.589. The second kappa shape index (κ2) is 6.69. The Bertz CT molecular complexity index is 476. The van der Waals surface area contributed by atoms with Crippen molar-refractivity contribution in [2.24, 2.45) is 5.90 Å². The van der Waals surface area contributed by atoms with E-state index in [1.165, 1.54) is 0 Å². The number of hydrogen-bond acceptors (Lipinski definition) is 6. The fourth-order valence-electron chi connectivity index (χ4n) is 1.61. The molecule has 2 N–H and O–H groups in total. The fourth-order valence-corrected chi connectivity index (χ4v) is 2.24. The maximum Gasteiger partial charge on any atom is 0.296 e. The summed E-state index contributed by atoms with van der Waals surface area (Å²) in [6.07, 6.45) is 0. The molecule has 0 spiro atoms. The first kappa shape index (κ1) is 14.9. The lowest BCUT2D eigenvalue weighted by atomic mass is 10.2. The number of hydrogen-bond donors (Lipinski definition) is 1. The van der Waals surface area contributed by atoms with Crippen LogP contribution in [-0.2, 0) is 19.4 Å². The molecule has 6 nitrogen and oxygen atoms in total. The van der Waals surface area contributed by atoms with Crippen molar-refractivity contribution in [2.75, 3.05) is 23.7 Å². The van der Waals surface area contributed by atoms with Gasteiger partial charge in [-0.3, -0.25) is 0 Å². The number of nitrogens with two attached hydrogens (primary N) is 1. The van der Waals surface area contributed by atoms with Gasteiger partial charge in [-0.2, -0.15) is 14.3 Å². The summed E-state index contributed by atoms with van der Waals surface area (Å²) in [5.74, 6) is 4.38. The van der Waals surface area contributed by atoms with Gasteiger partial charge in [0.1, 0.15) is 0 Å². The molecule has 102 valence electrons. The summed E-state index contributed by atoms with van der Waals surface area (Å²) in [5.41, 5.74) is 2.09. The largest absolute Gasteiger partial charge is 0.371 e. The Morgan fingerprint density at radius 2 is 2.11 bits per heavy atom. The van der Waals surface area contributed by atoms with Gasteiger partial charge in [-0.1, -0.05) is 16.5 Å². The number of aryl methyl sites for hydroxylation is 1. The monoisotopic (exact) mass is 274 g/mol. The molecule has 0 amide bonds. The summed E-state index contributed by atoms with van der Waals surface area (Å²) in [6, 6.07) is 7.85. The van der Waals surface area contributed by atoms with Crippen LogP contribution in [0.25, 0.3) is 0 Å². The molecule has 1 rings (SSSR count). The van der Waals surface area contributed by atoms with E-state index in [4.69, 9.17) is 0 Å². The van der Waals surface area contributed by atoms with Gasteiger partial charge in [-0.15, -0.1) is 4.99 Å². The van der Waals surface area contributed by atoms with Crippen molar-refractivity contribution in [1.82, 2.24) is 0 Å². The Morgan fingerprint density at radius 1 is 1.39 bits per heavy atom. The summed E-state index contributed by atoms with van der Waals surface area (Å²) in [7, 11) is -3.74.